The highest BCUT2D eigenvalue weighted by molar-refractivity contribution is 9.10. The summed E-state index contributed by atoms with van der Waals surface area (Å²) in [6.07, 6.45) is -14.5. The fourth-order valence-electron chi connectivity index (χ4n) is 2.28. The highest BCUT2D eigenvalue weighted by Crippen LogP contribution is 2.33. The zero-order valence-corrected chi connectivity index (χ0v) is 24.2. The lowest BCUT2D eigenvalue weighted by molar-refractivity contribution is -0.142. The number of hydrogen-bond donors (Lipinski definition) is 1. The minimum Gasteiger partial charge on any atom is -0.313 e. The molecule has 0 bridgehead atoms. The number of hydrogen-bond acceptors (Lipinski definition) is 8. The highest BCUT2D eigenvalue weighted by atomic mass is 79.9. The van der Waals surface area contributed by atoms with Gasteiger partial charge in [0.2, 0.25) is 0 Å². The molecule has 23 heteroatoms. The lowest BCUT2D eigenvalue weighted by Gasteiger charge is -2.07. The molecule has 1 N–H and O–H groups in total. The fourth-order valence-corrected chi connectivity index (χ4v) is 2.85. The molecule has 278 valence electrons. The first-order chi connectivity index (χ1) is 20.4. The number of aromatic amines is 1. The van der Waals surface area contributed by atoms with E-state index in [1.54, 1.807) is 0 Å². The first kappa shape index (κ1) is 51.9. The van der Waals surface area contributed by atoms with Crippen molar-refractivity contribution in [2.75, 3.05) is 0 Å². The molecule has 0 aliphatic heterocycles. The van der Waals surface area contributed by atoms with Crippen LogP contribution in [0.1, 0.15) is 63.9 Å². The zero-order chi connectivity index (χ0) is 34.8. The third-order valence-corrected chi connectivity index (χ3v) is 5.38. The van der Waals surface area contributed by atoms with Gasteiger partial charge in [0.15, 0.2) is 11.4 Å². The molecule has 9 nitrogen and oxygen atoms in total. The van der Waals surface area contributed by atoms with Gasteiger partial charge in [-0.05, 0) is 35.8 Å². The van der Waals surface area contributed by atoms with E-state index >= 15 is 0 Å². The van der Waals surface area contributed by atoms with Crippen LogP contribution in [0.3, 0.4) is 0 Å². The van der Waals surface area contributed by atoms with E-state index < -0.39 is 53.0 Å². The summed E-state index contributed by atoms with van der Waals surface area (Å²) in [5.41, 5.74) is -4.27. The quantitative estimate of drug-likeness (QED) is 0.138. The summed E-state index contributed by atoms with van der Waals surface area (Å²) in [6, 6.07) is 1.97. The van der Waals surface area contributed by atoms with E-state index in [0.717, 1.165) is 25.0 Å². The van der Waals surface area contributed by atoms with Gasteiger partial charge in [0, 0.05) is 17.8 Å². The van der Waals surface area contributed by atoms with E-state index in [2.05, 4.69) is 50.8 Å². The zero-order valence-electron chi connectivity index (χ0n) is 21.9. The molecule has 4 aromatic rings. The predicted molar refractivity (Wildman–Crippen MR) is 160 cm³/mol. The maximum absolute atomic E-state index is 12.1. The van der Waals surface area contributed by atoms with Crippen LogP contribution in [-0.2, 0) is 24.7 Å². The van der Waals surface area contributed by atoms with Gasteiger partial charge in [-0.3, -0.25) is 4.79 Å². The summed E-state index contributed by atoms with van der Waals surface area (Å²) in [4.78, 5) is 34.9. The Labute approximate surface area is 285 Å². The van der Waals surface area contributed by atoms with Crippen LogP contribution in [0.4, 0.5) is 52.7 Å². The number of aryl methyl sites for hydroxylation is 2. The van der Waals surface area contributed by atoms with E-state index in [-0.39, 0.29) is 45.0 Å². The van der Waals surface area contributed by atoms with Crippen molar-refractivity contribution in [3.63, 3.8) is 0 Å². The average molecular weight is 814 g/mol. The monoisotopic (exact) mass is 812 g/mol. The van der Waals surface area contributed by atoms with Crippen LogP contribution in [0.5, 0.6) is 0 Å². The van der Waals surface area contributed by atoms with Crippen LogP contribution < -0.4 is 5.56 Å². The first-order valence-corrected chi connectivity index (χ1v) is 12.2. The van der Waals surface area contributed by atoms with E-state index in [1.807, 2.05) is 4.98 Å². The Morgan fingerprint density at radius 3 is 1.35 bits per heavy atom. The van der Waals surface area contributed by atoms with Gasteiger partial charge in [0.05, 0.1) is 16.5 Å². The molecular weight excluding hydrogens is 784 g/mol. The number of H-pyrrole nitrogens is 1. The summed E-state index contributed by atoms with van der Waals surface area (Å²) in [7, 11) is 0. The van der Waals surface area contributed by atoms with Gasteiger partial charge in [-0.15, -0.1) is 0 Å². The van der Waals surface area contributed by atoms with Crippen molar-refractivity contribution >= 4 is 27.5 Å². The number of nitrogens with one attached hydrogen (secondary N) is 1. The van der Waals surface area contributed by atoms with Crippen LogP contribution in [0.2, 0.25) is 5.15 Å². The maximum Gasteiger partial charge on any atom is 0.434 e. The Morgan fingerprint density at radius 1 is 0.592 bits per heavy atom. The molecule has 0 amide bonds. The number of alkyl halides is 12. The molecule has 0 saturated carbocycles. The Bertz CT molecular complexity index is 1540. The van der Waals surface area contributed by atoms with Crippen molar-refractivity contribution in [2.45, 2.75) is 68.3 Å². The lowest BCUT2D eigenvalue weighted by atomic mass is 10.3. The second-order valence-electron chi connectivity index (χ2n) is 7.68. The molecule has 4 heterocycles. The molecule has 0 unspecified atom stereocenters. The van der Waals surface area contributed by atoms with Gasteiger partial charge in [-0.25, -0.2) is 34.9 Å². The van der Waals surface area contributed by atoms with Crippen LogP contribution >= 0.6 is 27.5 Å². The molecule has 0 radical (unpaired) electrons. The normalized spacial score (nSPS) is 10.7. The third kappa shape index (κ3) is 19.0. The summed E-state index contributed by atoms with van der Waals surface area (Å²) in [5, 5.41) is -0.215. The molecule has 49 heavy (non-hydrogen) atoms. The van der Waals surface area contributed by atoms with Gasteiger partial charge in [0.1, 0.15) is 35.5 Å². The second-order valence-corrected chi connectivity index (χ2v) is 8.86. The topological polar surface area (TPSA) is 123 Å². The Morgan fingerprint density at radius 2 is 1.02 bits per heavy atom. The first-order valence-electron chi connectivity index (χ1n) is 11.0. The molecule has 0 aliphatic carbocycles. The van der Waals surface area contributed by atoms with Gasteiger partial charge in [-0.2, -0.15) is 52.7 Å². The summed E-state index contributed by atoms with van der Waals surface area (Å²) in [6.45, 7) is 2.96. The van der Waals surface area contributed by atoms with Gasteiger partial charge >= 0.3 is 24.7 Å². The number of nitrogens with zero attached hydrogens (tertiary/aromatic N) is 7. The SMILES string of the molecule is C.C.C.C.Cc1cc(C(F)(F)F)ncn1.Cc1ncnc(C(F)(F)F)c1Br.FC(F)(F)c1cc(Cl)ncn1.O=c1cc(C(F)(F)F)nc[nH]1. The third-order valence-electron chi connectivity index (χ3n) is 4.22. The molecule has 0 fully saturated rings. The molecule has 0 aromatic carbocycles. The Kier molecular flexibility index (Phi) is 22.4. The van der Waals surface area contributed by atoms with Crippen molar-refractivity contribution in [1.29, 1.82) is 0 Å². The van der Waals surface area contributed by atoms with Crippen molar-refractivity contribution in [3.05, 3.63) is 97.7 Å². The maximum atomic E-state index is 12.1. The van der Waals surface area contributed by atoms with Gasteiger partial charge < -0.3 is 4.98 Å². The van der Waals surface area contributed by atoms with E-state index in [4.69, 9.17) is 11.6 Å². The van der Waals surface area contributed by atoms with Crippen molar-refractivity contribution in [2.24, 2.45) is 0 Å². The van der Waals surface area contributed by atoms with Crippen LogP contribution in [0.25, 0.3) is 0 Å². The fraction of sp³-hybridized carbons (Fsp3) is 0.385. The minimum atomic E-state index is -4.55. The average Bonchev–Trinajstić information content (AvgIpc) is 2.89. The Balaban J connectivity index is -0.000000268. The van der Waals surface area contributed by atoms with Crippen LogP contribution in [-0.4, -0.2) is 39.9 Å². The van der Waals surface area contributed by atoms with Crippen LogP contribution in [0.15, 0.2) is 52.8 Å². The largest absolute Gasteiger partial charge is 0.434 e. The molecular formula is C26H30BrClF12N8O. The molecule has 0 aliphatic rings. The molecule has 4 aromatic heterocycles. The van der Waals surface area contributed by atoms with E-state index in [1.165, 1.54) is 13.8 Å². The van der Waals surface area contributed by atoms with E-state index in [9.17, 15) is 57.5 Å². The number of rotatable bonds is 0. The molecule has 0 spiro atoms. The van der Waals surface area contributed by atoms with E-state index in [0.29, 0.717) is 24.2 Å². The second kappa shape index (κ2) is 21.2. The molecule has 0 saturated heterocycles. The highest BCUT2D eigenvalue weighted by Gasteiger charge is 2.36. The lowest BCUT2D eigenvalue weighted by Crippen LogP contribution is -2.14. The van der Waals surface area contributed by atoms with Crippen molar-refractivity contribution < 1.29 is 52.7 Å². The molecule has 4 rings (SSSR count). The van der Waals surface area contributed by atoms with Gasteiger partial charge in [0.25, 0.3) is 5.56 Å². The molecule has 0 atom stereocenters. The standard InChI is InChI=1S/C6H4BrF3N2.C6H5F3N2.C5H2ClF3N2.C5H3F3N2O.4CH4/c1-3-4(7)5(6(8,9)10)12-2-11-3;1-4-2-5(6(7,8)9)11-3-10-4;6-4-1-3(5(7,8)9)10-2-11-4;6-5(7,8)3-1-4(11)10-2-9-3;;;;/h2H,1H3;2-3H,1H3;1-2H;1-2H,(H,9,10,11);4*1H4. The summed E-state index contributed by atoms with van der Waals surface area (Å²) < 4.78 is 143. The minimum absolute atomic E-state index is 0. The van der Waals surface area contributed by atoms with Crippen molar-refractivity contribution in [1.82, 2.24) is 39.9 Å². The smallest absolute Gasteiger partial charge is 0.313 e. The van der Waals surface area contributed by atoms with Crippen molar-refractivity contribution in [3.8, 4) is 0 Å². The Hall–Kier alpha value is -3.95. The summed E-state index contributed by atoms with van der Waals surface area (Å²) >= 11 is 7.97. The van der Waals surface area contributed by atoms with Gasteiger partial charge in [-0.1, -0.05) is 41.3 Å². The number of aromatic nitrogens is 8. The van der Waals surface area contributed by atoms with Crippen LogP contribution in [0, 0.1) is 13.8 Å². The summed E-state index contributed by atoms with van der Waals surface area (Å²) in [5.74, 6) is 0. The number of halogens is 14. The predicted octanol–water partition coefficient (Wildman–Crippen LogP) is 9.85.